The zero-order valence-corrected chi connectivity index (χ0v) is 7.58. The van der Waals surface area contributed by atoms with Gasteiger partial charge >= 0.3 is 0 Å². The van der Waals surface area contributed by atoms with Crippen LogP contribution in [0, 0.1) is 22.2 Å². The van der Waals surface area contributed by atoms with E-state index in [2.05, 4.69) is 0 Å². The zero-order chi connectivity index (χ0) is 9.30. The summed E-state index contributed by atoms with van der Waals surface area (Å²) in [7, 11) is 0. The van der Waals surface area contributed by atoms with Crippen molar-refractivity contribution in [2.24, 2.45) is 0 Å². The van der Waals surface area contributed by atoms with Gasteiger partial charge in [0.05, 0.1) is 11.0 Å². The van der Waals surface area contributed by atoms with Gasteiger partial charge in [0.25, 0.3) is 11.5 Å². The number of anilines is 1. The highest BCUT2D eigenvalue weighted by molar-refractivity contribution is 5.85. The van der Waals surface area contributed by atoms with Gasteiger partial charge in [-0.15, -0.1) is 12.4 Å². The molecule has 0 fully saturated rings. The number of nitrogen functional groups attached to an aromatic ring is 1. The van der Waals surface area contributed by atoms with E-state index in [0.29, 0.717) is 4.73 Å². The molecule has 0 radical (unpaired) electrons. The Bertz CT molecular complexity index is 319. The van der Waals surface area contributed by atoms with Crippen molar-refractivity contribution >= 4 is 23.9 Å². The van der Waals surface area contributed by atoms with Gasteiger partial charge in [-0.1, -0.05) is 0 Å². The molecule has 0 spiro atoms. The maximum absolute atomic E-state index is 10.9. The summed E-state index contributed by atoms with van der Waals surface area (Å²) in [6, 6.07) is 2.20. The number of hydrogen-bond acceptors (Lipinski definition) is 4. The molecule has 7 heteroatoms. The summed E-state index contributed by atoms with van der Waals surface area (Å²) in [5.41, 5.74) is 5.25. The normalized spacial score (nSPS) is 9.00. The second kappa shape index (κ2) is 3.90. The van der Waals surface area contributed by atoms with Crippen molar-refractivity contribution in [3.8, 4) is 0 Å². The number of pyridine rings is 1. The highest BCUT2D eigenvalue weighted by atomic mass is 35.5. The van der Waals surface area contributed by atoms with E-state index in [4.69, 9.17) is 5.73 Å². The number of aryl methyl sites for hydroxylation is 1. The predicted molar refractivity (Wildman–Crippen MR) is 48.5 cm³/mol. The number of rotatable bonds is 1. The van der Waals surface area contributed by atoms with E-state index < -0.39 is 4.92 Å². The van der Waals surface area contributed by atoms with Gasteiger partial charge in [-0.3, -0.25) is 15.8 Å². The fourth-order valence-corrected chi connectivity index (χ4v) is 0.833. The summed E-state index contributed by atoms with van der Waals surface area (Å²) in [5.74, 6) is -0.165. The first-order valence-corrected chi connectivity index (χ1v) is 3.16. The van der Waals surface area contributed by atoms with E-state index in [1.807, 2.05) is 0 Å². The zero-order valence-electron chi connectivity index (χ0n) is 6.76. The van der Waals surface area contributed by atoms with E-state index in [-0.39, 0.29) is 29.6 Å². The third-order valence-corrected chi connectivity index (χ3v) is 1.42. The molecule has 0 bridgehead atoms. The van der Waals surface area contributed by atoms with Crippen molar-refractivity contribution in [1.82, 2.24) is 0 Å². The molecule has 0 saturated carbocycles. The number of nitro groups is 1. The van der Waals surface area contributed by atoms with E-state index >= 15 is 0 Å². The molecule has 0 aliphatic rings. The topological polar surface area (TPSA) is 96.1 Å². The SMILES string of the molecule is Cc1cc([N+](=O)[O-])cc(N)[n+]1[O-].Cl. The van der Waals surface area contributed by atoms with E-state index in [1.165, 1.54) is 13.0 Å². The van der Waals surface area contributed by atoms with Gasteiger partial charge < -0.3 is 5.21 Å². The van der Waals surface area contributed by atoms with Crippen LogP contribution in [0.5, 0.6) is 0 Å². The Hall–Kier alpha value is -1.56. The van der Waals surface area contributed by atoms with Crippen molar-refractivity contribution < 1.29 is 9.65 Å². The molecule has 0 unspecified atom stereocenters. The maximum Gasteiger partial charge on any atom is 0.282 e. The van der Waals surface area contributed by atoms with Crippen LogP contribution in [0.4, 0.5) is 11.5 Å². The van der Waals surface area contributed by atoms with Crippen LogP contribution in [0.1, 0.15) is 5.69 Å². The van der Waals surface area contributed by atoms with Gasteiger partial charge in [-0.2, -0.15) is 0 Å². The minimum atomic E-state index is -0.594. The standard InChI is InChI=1S/C6H7N3O3.ClH/c1-4-2-5(9(11)12)3-6(7)8(4)10;/h2-3H,7H2,1H3;1H. The van der Waals surface area contributed by atoms with Crippen LogP contribution in [-0.4, -0.2) is 4.92 Å². The lowest BCUT2D eigenvalue weighted by Crippen LogP contribution is -2.33. The Morgan fingerprint density at radius 2 is 2.08 bits per heavy atom. The molecule has 0 aliphatic heterocycles. The minimum absolute atomic E-state index is 0. The van der Waals surface area contributed by atoms with Crippen LogP contribution in [0.15, 0.2) is 12.1 Å². The molecule has 72 valence electrons. The Morgan fingerprint density at radius 1 is 1.54 bits per heavy atom. The number of aromatic nitrogens is 1. The summed E-state index contributed by atoms with van der Waals surface area (Å²) in [6.07, 6.45) is 0. The molecule has 6 nitrogen and oxygen atoms in total. The molecule has 2 N–H and O–H groups in total. The van der Waals surface area contributed by atoms with Gasteiger partial charge in [0.15, 0.2) is 0 Å². The van der Waals surface area contributed by atoms with E-state index in [9.17, 15) is 15.3 Å². The van der Waals surface area contributed by atoms with Crippen LogP contribution >= 0.6 is 12.4 Å². The lowest BCUT2D eigenvalue weighted by Gasteiger charge is -2.06. The summed E-state index contributed by atoms with van der Waals surface area (Å²) in [5, 5.41) is 21.2. The van der Waals surface area contributed by atoms with E-state index in [1.54, 1.807) is 0 Å². The molecular formula is C6H8ClN3O3. The van der Waals surface area contributed by atoms with Crippen LogP contribution in [0.3, 0.4) is 0 Å². The molecule has 0 saturated heterocycles. The molecule has 1 aromatic heterocycles. The second-order valence-electron chi connectivity index (χ2n) is 2.33. The predicted octanol–water partition coefficient (Wildman–Crippen LogP) is 0.541. The van der Waals surface area contributed by atoms with Crippen LogP contribution in [-0.2, 0) is 0 Å². The van der Waals surface area contributed by atoms with Gasteiger partial charge in [-0.05, 0) is 6.92 Å². The summed E-state index contributed by atoms with van der Waals surface area (Å²) < 4.78 is 0.438. The van der Waals surface area contributed by atoms with Crippen molar-refractivity contribution in [2.45, 2.75) is 6.92 Å². The fourth-order valence-electron chi connectivity index (χ4n) is 0.833. The van der Waals surface area contributed by atoms with Crippen molar-refractivity contribution in [1.29, 1.82) is 0 Å². The van der Waals surface area contributed by atoms with Crippen LogP contribution in [0.2, 0.25) is 0 Å². The smallest absolute Gasteiger partial charge is 0.282 e. The molecule has 1 heterocycles. The highest BCUT2D eigenvalue weighted by Crippen LogP contribution is 2.12. The summed E-state index contributed by atoms with van der Waals surface area (Å²) in [6.45, 7) is 1.45. The Balaban J connectivity index is 0.00000144. The quantitative estimate of drug-likeness (QED) is 0.313. The largest absolute Gasteiger partial charge is 0.710 e. The molecule has 0 aliphatic carbocycles. The average Bonchev–Trinajstić information content (AvgIpc) is 1.99. The summed E-state index contributed by atoms with van der Waals surface area (Å²) >= 11 is 0. The molecule has 0 atom stereocenters. The number of nitrogens with two attached hydrogens (primary N) is 1. The third kappa shape index (κ3) is 2.19. The number of nitrogens with zero attached hydrogens (tertiary/aromatic N) is 2. The monoisotopic (exact) mass is 205 g/mol. The van der Waals surface area contributed by atoms with E-state index in [0.717, 1.165) is 6.07 Å². The van der Waals surface area contributed by atoms with Gasteiger partial charge in [0, 0.05) is 0 Å². The van der Waals surface area contributed by atoms with Crippen LogP contribution in [0.25, 0.3) is 0 Å². The lowest BCUT2D eigenvalue weighted by atomic mass is 10.3. The molecule has 13 heavy (non-hydrogen) atoms. The van der Waals surface area contributed by atoms with Gasteiger partial charge in [-0.25, -0.2) is 4.73 Å². The molecule has 1 aromatic rings. The van der Waals surface area contributed by atoms with Crippen molar-refractivity contribution in [3.05, 3.63) is 33.1 Å². The summed E-state index contributed by atoms with van der Waals surface area (Å²) in [4.78, 5) is 9.66. The Kier molecular flexibility index (Phi) is 3.43. The minimum Gasteiger partial charge on any atom is -0.710 e. The first-order valence-electron chi connectivity index (χ1n) is 3.16. The number of hydrogen-bond donors (Lipinski definition) is 1. The van der Waals surface area contributed by atoms with Gasteiger partial charge in [0.2, 0.25) is 0 Å². The lowest BCUT2D eigenvalue weighted by molar-refractivity contribution is -0.597. The van der Waals surface area contributed by atoms with Crippen LogP contribution < -0.4 is 10.5 Å². The Labute approximate surface area is 80.1 Å². The third-order valence-electron chi connectivity index (χ3n) is 1.42. The maximum atomic E-state index is 10.9. The second-order valence-corrected chi connectivity index (χ2v) is 2.33. The van der Waals surface area contributed by atoms with Crippen molar-refractivity contribution in [2.75, 3.05) is 5.73 Å². The molecule has 0 amide bonds. The average molecular weight is 206 g/mol. The fraction of sp³-hybridized carbons (Fsp3) is 0.167. The van der Waals surface area contributed by atoms with Crippen molar-refractivity contribution in [3.63, 3.8) is 0 Å². The number of halogens is 1. The first-order chi connectivity index (χ1) is 5.52. The Morgan fingerprint density at radius 3 is 2.46 bits per heavy atom. The highest BCUT2D eigenvalue weighted by Gasteiger charge is 2.12. The molecule has 1 rings (SSSR count). The molecule has 0 aromatic carbocycles. The molecular weight excluding hydrogens is 198 g/mol. The van der Waals surface area contributed by atoms with Gasteiger partial charge in [0.1, 0.15) is 11.8 Å². The first kappa shape index (κ1) is 11.4.